The topological polar surface area (TPSA) is 45.3 Å². The molecular formula is C28H38N2O3. The average Bonchev–Trinajstić information content (AvgIpc) is 3.50. The van der Waals surface area contributed by atoms with E-state index in [1.54, 1.807) is 0 Å². The Labute approximate surface area is 198 Å². The van der Waals surface area contributed by atoms with Gasteiger partial charge in [-0.05, 0) is 30.7 Å². The third kappa shape index (κ3) is 3.59. The van der Waals surface area contributed by atoms with Gasteiger partial charge in [-0.3, -0.25) is 14.6 Å². The van der Waals surface area contributed by atoms with Gasteiger partial charge in [0.05, 0.1) is 12.0 Å². The van der Waals surface area contributed by atoms with E-state index in [-0.39, 0.29) is 41.0 Å². The molecule has 0 bridgehead atoms. The van der Waals surface area contributed by atoms with Gasteiger partial charge in [-0.1, -0.05) is 62.8 Å². The van der Waals surface area contributed by atoms with Crippen molar-refractivity contribution in [2.24, 2.45) is 23.2 Å². The first-order chi connectivity index (χ1) is 16.0. The number of fused-ring (bicyclic) bond motifs is 2. The summed E-state index contributed by atoms with van der Waals surface area (Å²) in [4.78, 5) is 18.0. The summed E-state index contributed by atoms with van der Waals surface area (Å²) in [6, 6.07) is 10.5. The van der Waals surface area contributed by atoms with E-state index in [1.807, 2.05) is 0 Å². The average molecular weight is 451 g/mol. The number of ether oxygens (including phenoxy) is 2. The lowest BCUT2D eigenvalue weighted by atomic mass is 9.53. The Kier molecular flexibility index (Phi) is 5.43. The first-order valence-corrected chi connectivity index (χ1v) is 13.0. The molecule has 0 amide bonds. The maximum absolute atomic E-state index is 13.0. The predicted octanol–water partition coefficient (Wildman–Crippen LogP) is 3.84. The van der Waals surface area contributed by atoms with Gasteiger partial charge in [0.2, 0.25) is 0 Å². The van der Waals surface area contributed by atoms with Crippen molar-refractivity contribution in [3.05, 3.63) is 42.0 Å². The molecule has 5 nitrogen and oxygen atoms in total. The first-order valence-electron chi connectivity index (χ1n) is 13.0. The minimum absolute atomic E-state index is 0.00241. The molecule has 7 atom stereocenters. The van der Waals surface area contributed by atoms with Crippen LogP contribution in [0.1, 0.15) is 45.1 Å². The summed E-state index contributed by atoms with van der Waals surface area (Å²) in [5, 5.41) is 0. The van der Waals surface area contributed by atoms with Gasteiger partial charge in [0.1, 0.15) is 11.7 Å². The maximum atomic E-state index is 13.0. The van der Waals surface area contributed by atoms with Gasteiger partial charge in [0.25, 0.3) is 0 Å². The number of esters is 1. The Bertz CT molecular complexity index is 911. The number of rotatable bonds is 5. The van der Waals surface area contributed by atoms with Gasteiger partial charge in [0.15, 0.2) is 0 Å². The number of hydrogen-bond donors (Lipinski definition) is 0. The molecule has 1 spiro atoms. The van der Waals surface area contributed by atoms with E-state index in [0.29, 0.717) is 5.92 Å². The van der Waals surface area contributed by atoms with E-state index in [9.17, 15) is 4.79 Å². The standard InChI is InChI=1S/C28H38N2O3/c1-20-8-6-12-27(2)18-23-24(25-28(20,27)33-25)22(26(31)32-23)19-30-16-14-29(15-17-30)13-7-11-21-9-4-3-5-10-21/h3-5,7,9-11,20,22-25H,6,8,12-19H2,1-2H3/b11-7+/t20-,22+,23+,24+,25-,27+,28-/m0/s1. The van der Waals surface area contributed by atoms with Crippen LogP contribution in [0.25, 0.3) is 6.08 Å². The number of epoxide rings is 1. The monoisotopic (exact) mass is 450 g/mol. The van der Waals surface area contributed by atoms with Crippen LogP contribution in [0, 0.1) is 23.2 Å². The second-order valence-corrected chi connectivity index (χ2v) is 11.5. The second kappa shape index (κ2) is 8.21. The molecule has 178 valence electrons. The van der Waals surface area contributed by atoms with Gasteiger partial charge in [0, 0.05) is 50.6 Å². The zero-order valence-electron chi connectivity index (χ0n) is 20.1. The Balaban J connectivity index is 1.06. The smallest absolute Gasteiger partial charge is 0.311 e. The van der Waals surface area contributed by atoms with Crippen LogP contribution in [0.2, 0.25) is 0 Å². The quantitative estimate of drug-likeness (QED) is 0.504. The highest BCUT2D eigenvalue weighted by Gasteiger charge is 2.78. The molecule has 0 aromatic heterocycles. The summed E-state index contributed by atoms with van der Waals surface area (Å²) in [6.07, 6.45) is 9.47. The number of piperazine rings is 1. The summed E-state index contributed by atoms with van der Waals surface area (Å²) >= 11 is 0. The van der Waals surface area contributed by atoms with Crippen LogP contribution in [-0.2, 0) is 14.3 Å². The van der Waals surface area contributed by atoms with E-state index in [4.69, 9.17) is 9.47 Å². The van der Waals surface area contributed by atoms with Crippen LogP contribution in [0.15, 0.2) is 36.4 Å². The molecule has 0 unspecified atom stereocenters. The SMILES string of the molecule is C[C@H]1CCC[C@]2(C)C[C@H]3OC(=O)[C@H](CN4CCN(C/C=C/c5ccccc5)CC4)[C@H]3[C@@H]3O[C@@]132. The molecule has 3 aliphatic heterocycles. The Morgan fingerprint density at radius 2 is 1.88 bits per heavy atom. The van der Waals surface area contributed by atoms with Gasteiger partial charge >= 0.3 is 5.97 Å². The maximum Gasteiger partial charge on any atom is 0.311 e. The summed E-state index contributed by atoms with van der Waals surface area (Å²) < 4.78 is 12.6. The third-order valence-corrected chi connectivity index (χ3v) is 9.59. The fourth-order valence-electron chi connectivity index (χ4n) is 7.78. The minimum Gasteiger partial charge on any atom is -0.462 e. The van der Waals surface area contributed by atoms with Crippen molar-refractivity contribution in [1.82, 2.24) is 9.80 Å². The Hall–Kier alpha value is -1.69. The molecule has 5 fully saturated rings. The molecule has 0 radical (unpaired) electrons. The second-order valence-electron chi connectivity index (χ2n) is 11.5. The molecule has 2 aliphatic carbocycles. The Morgan fingerprint density at radius 3 is 2.67 bits per heavy atom. The molecule has 2 saturated carbocycles. The predicted molar refractivity (Wildman–Crippen MR) is 129 cm³/mol. The molecule has 3 heterocycles. The zero-order chi connectivity index (χ0) is 22.6. The van der Waals surface area contributed by atoms with E-state index < -0.39 is 0 Å². The van der Waals surface area contributed by atoms with Crippen LogP contribution in [0.5, 0.6) is 0 Å². The summed E-state index contributed by atoms with van der Waals surface area (Å²) in [5.74, 6) is 0.838. The largest absolute Gasteiger partial charge is 0.462 e. The van der Waals surface area contributed by atoms with Crippen molar-refractivity contribution >= 4 is 12.0 Å². The number of carbonyl (C=O) groups is 1. The minimum atomic E-state index is -0.0254. The third-order valence-electron chi connectivity index (χ3n) is 9.59. The highest BCUT2D eigenvalue weighted by atomic mass is 16.6. The highest BCUT2D eigenvalue weighted by Crippen LogP contribution is 2.70. The summed E-state index contributed by atoms with van der Waals surface area (Å²) in [5.41, 5.74) is 1.42. The normalized spacial score (nSPS) is 43.1. The fraction of sp³-hybridized carbons (Fsp3) is 0.679. The van der Waals surface area contributed by atoms with Gasteiger partial charge in [-0.25, -0.2) is 0 Å². The van der Waals surface area contributed by atoms with E-state index >= 15 is 0 Å². The number of nitrogens with zero attached hydrogens (tertiary/aromatic N) is 2. The van der Waals surface area contributed by atoms with Gasteiger partial charge in [-0.15, -0.1) is 0 Å². The van der Waals surface area contributed by atoms with E-state index in [1.165, 1.54) is 24.8 Å². The van der Waals surface area contributed by atoms with Crippen molar-refractivity contribution in [3.8, 4) is 0 Å². The van der Waals surface area contributed by atoms with Crippen molar-refractivity contribution in [1.29, 1.82) is 0 Å². The van der Waals surface area contributed by atoms with Crippen molar-refractivity contribution in [2.45, 2.75) is 57.3 Å². The van der Waals surface area contributed by atoms with E-state index in [2.05, 4.69) is 66.1 Å². The van der Waals surface area contributed by atoms with Crippen molar-refractivity contribution < 1.29 is 14.3 Å². The summed E-state index contributed by atoms with van der Waals surface area (Å²) in [7, 11) is 0. The van der Waals surface area contributed by atoms with Gasteiger partial charge < -0.3 is 9.47 Å². The number of carbonyl (C=O) groups excluding carboxylic acids is 1. The molecule has 1 aromatic rings. The Morgan fingerprint density at radius 1 is 1.12 bits per heavy atom. The number of hydrogen-bond acceptors (Lipinski definition) is 5. The van der Waals surface area contributed by atoms with Crippen LogP contribution in [0.4, 0.5) is 0 Å². The van der Waals surface area contributed by atoms with Crippen LogP contribution >= 0.6 is 0 Å². The van der Waals surface area contributed by atoms with E-state index in [0.717, 1.165) is 45.7 Å². The van der Waals surface area contributed by atoms with Gasteiger partial charge in [-0.2, -0.15) is 0 Å². The van der Waals surface area contributed by atoms with Crippen LogP contribution in [0.3, 0.4) is 0 Å². The molecule has 5 aliphatic rings. The lowest BCUT2D eigenvalue weighted by Gasteiger charge is -2.49. The molecule has 5 heteroatoms. The van der Waals surface area contributed by atoms with Crippen LogP contribution in [-0.4, -0.2) is 72.8 Å². The lowest BCUT2D eigenvalue weighted by molar-refractivity contribution is -0.146. The molecule has 1 aromatic carbocycles. The lowest BCUT2D eigenvalue weighted by Crippen LogP contribution is -2.55. The first kappa shape index (κ1) is 21.8. The molecule has 33 heavy (non-hydrogen) atoms. The number of benzene rings is 1. The van der Waals surface area contributed by atoms with Crippen molar-refractivity contribution in [3.63, 3.8) is 0 Å². The van der Waals surface area contributed by atoms with Crippen LogP contribution < -0.4 is 0 Å². The molecular weight excluding hydrogens is 412 g/mol. The highest BCUT2D eigenvalue weighted by molar-refractivity contribution is 5.76. The van der Waals surface area contributed by atoms with Crippen molar-refractivity contribution in [2.75, 3.05) is 39.3 Å². The fourth-order valence-corrected chi connectivity index (χ4v) is 7.78. The molecule has 3 saturated heterocycles. The summed E-state index contributed by atoms with van der Waals surface area (Å²) in [6.45, 7) is 10.7. The molecule has 0 N–H and O–H groups in total. The zero-order valence-corrected chi connectivity index (χ0v) is 20.1. The molecule has 6 rings (SSSR count).